The van der Waals surface area contributed by atoms with Gasteiger partial charge in [0.25, 0.3) is 0 Å². The summed E-state index contributed by atoms with van der Waals surface area (Å²) in [5.41, 5.74) is 1.86. The molecule has 2 aromatic heterocycles. The zero-order valence-corrected chi connectivity index (χ0v) is 9.11. The van der Waals surface area contributed by atoms with E-state index < -0.39 is 6.10 Å². The van der Waals surface area contributed by atoms with Gasteiger partial charge in [-0.05, 0) is 18.9 Å². The van der Waals surface area contributed by atoms with Gasteiger partial charge in [0.15, 0.2) is 0 Å². The van der Waals surface area contributed by atoms with Gasteiger partial charge in [0, 0.05) is 36.9 Å². The Balaban J connectivity index is 1.94. The van der Waals surface area contributed by atoms with Gasteiger partial charge in [-0.15, -0.1) is 0 Å². The van der Waals surface area contributed by atoms with E-state index in [1.165, 1.54) is 6.33 Å². The number of aryl methyl sites for hydroxylation is 2. The lowest BCUT2D eigenvalue weighted by Gasteiger charge is -2.09. The van der Waals surface area contributed by atoms with Crippen molar-refractivity contribution >= 4 is 0 Å². The lowest BCUT2D eigenvalue weighted by molar-refractivity contribution is 0.166. The van der Waals surface area contributed by atoms with E-state index in [2.05, 4.69) is 15.1 Å². The zero-order valence-electron chi connectivity index (χ0n) is 9.11. The molecule has 5 heteroatoms. The second kappa shape index (κ2) is 4.85. The molecular formula is C11H14N4O. The summed E-state index contributed by atoms with van der Waals surface area (Å²) in [4.78, 5) is 7.76. The zero-order chi connectivity index (χ0) is 11.4. The van der Waals surface area contributed by atoms with Crippen LogP contribution in [-0.4, -0.2) is 24.9 Å². The summed E-state index contributed by atoms with van der Waals surface area (Å²) in [5, 5.41) is 14.0. The molecule has 84 valence electrons. The first-order valence-corrected chi connectivity index (χ1v) is 5.17. The summed E-state index contributed by atoms with van der Waals surface area (Å²) in [6, 6.07) is 1.95. The van der Waals surface area contributed by atoms with E-state index in [1.807, 2.05) is 17.8 Å². The third-order valence-electron chi connectivity index (χ3n) is 2.56. The van der Waals surface area contributed by atoms with Crippen molar-refractivity contribution in [2.24, 2.45) is 7.05 Å². The second-order valence-electron chi connectivity index (χ2n) is 3.67. The van der Waals surface area contributed by atoms with Crippen LogP contribution in [0.15, 0.2) is 31.0 Å². The van der Waals surface area contributed by atoms with Crippen LogP contribution in [0.1, 0.15) is 23.8 Å². The average Bonchev–Trinajstić information content (AvgIpc) is 2.73. The Kier molecular flexibility index (Phi) is 3.26. The SMILES string of the molecule is Cn1nccc1CCC(O)c1cncnc1. The van der Waals surface area contributed by atoms with Crippen molar-refractivity contribution < 1.29 is 5.11 Å². The third-order valence-corrected chi connectivity index (χ3v) is 2.56. The van der Waals surface area contributed by atoms with Gasteiger partial charge in [-0.1, -0.05) is 0 Å². The van der Waals surface area contributed by atoms with E-state index in [4.69, 9.17) is 0 Å². The van der Waals surface area contributed by atoms with E-state index in [9.17, 15) is 5.11 Å². The maximum atomic E-state index is 9.90. The highest BCUT2D eigenvalue weighted by Crippen LogP contribution is 2.16. The van der Waals surface area contributed by atoms with Crippen LogP contribution < -0.4 is 0 Å². The minimum absolute atomic E-state index is 0.518. The molecule has 5 nitrogen and oxygen atoms in total. The van der Waals surface area contributed by atoms with Gasteiger partial charge in [-0.3, -0.25) is 4.68 Å². The highest BCUT2D eigenvalue weighted by Gasteiger charge is 2.09. The number of aliphatic hydroxyl groups excluding tert-OH is 1. The first kappa shape index (κ1) is 10.8. The van der Waals surface area contributed by atoms with Gasteiger partial charge < -0.3 is 5.11 Å². The fourth-order valence-electron chi connectivity index (χ4n) is 1.58. The molecule has 0 saturated heterocycles. The first-order chi connectivity index (χ1) is 7.77. The summed E-state index contributed by atoms with van der Waals surface area (Å²) < 4.78 is 1.81. The van der Waals surface area contributed by atoms with Crippen LogP contribution in [0.5, 0.6) is 0 Å². The van der Waals surface area contributed by atoms with Crippen LogP contribution in [0.25, 0.3) is 0 Å². The van der Waals surface area contributed by atoms with Gasteiger partial charge in [-0.2, -0.15) is 5.10 Å². The maximum absolute atomic E-state index is 9.90. The molecule has 16 heavy (non-hydrogen) atoms. The van der Waals surface area contributed by atoms with Crippen molar-refractivity contribution in [2.75, 3.05) is 0 Å². The largest absolute Gasteiger partial charge is 0.388 e. The standard InChI is InChI=1S/C11H14N4O/c1-15-10(4-5-14-15)2-3-11(16)9-6-12-8-13-7-9/h4-8,11,16H,2-3H2,1H3. The molecule has 0 saturated carbocycles. The predicted octanol–water partition coefficient (Wildman–Crippen LogP) is 0.876. The number of aliphatic hydroxyl groups is 1. The Hall–Kier alpha value is -1.75. The molecule has 1 atom stereocenters. The molecule has 0 aromatic carbocycles. The molecule has 0 aliphatic carbocycles. The second-order valence-corrected chi connectivity index (χ2v) is 3.67. The Morgan fingerprint density at radius 3 is 2.75 bits per heavy atom. The molecule has 0 radical (unpaired) electrons. The van der Waals surface area contributed by atoms with Crippen LogP contribution in [0.2, 0.25) is 0 Å². The van der Waals surface area contributed by atoms with Crippen molar-refractivity contribution in [3.63, 3.8) is 0 Å². The van der Waals surface area contributed by atoms with Gasteiger partial charge in [0.1, 0.15) is 6.33 Å². The highest BCUT2D eigenvalue weighted by atomic mass is 16.3. The molecule has 2 aromatic rings. The van der Waals surface area contributed by atoms with Crippen LogP contribution in [-0.2, 0) is 13.5 Å². The first-order valence-electron chi connectivity index (χ1n) is 5.17. The number of hydrogen-bond acceptors (Lipinski definition) is 4. The monoisotopic (exact) mass is 218 g/mol. The predicted molar refractivity (Wildman–Crippen MR) is 58.5 cm³/mol. The molecule has 1 unspecified atom stereocenters. The van der Waals surface area contributed by atoms with Gasteiger partial charge in [0.2, 0.25) is 0 Å². The van der Waals surface area contributed by atoms with E-state index in [0.717, 1.165) is 17.7 Å². The molecular weight excluding hydrogens is 204 g/mol. The fourth-order valence-corrected chi connectivity index (χ4v) is 1.58. The number of aromatic nitrogens is 4. The Labute approximate surface area is 93.8 Å². The molecule has 0 spiro atoms. The highest BCUT2D eigenvalue weighted by molar-refractivity contribution is 5.08. The van der Waals surface area contributed by atoms with E-state index >= 15 is 0 Å². The third kappa shape index (κ3) is 2.43. The Morgan fingerprint density at radius 1 is 1.38 bits per heavy atom. The minimum atomic E-state index is -0.518. The van der Waals surface area contributed by atoms with Gasteiger partial charge >= 0.3 is 0 Å². The summed E-state index contributed by atoms with van der Waals surface area (Å²) in [6.07, 6.45) is 7.41. The van der Waals surface area contributed by atoms with Crippen LogP contribution >= 0.6 is 0 Å². The van der Waals surface area contributed by atoms with E-state index in [0.29, 0.717) is 6.42 Å². The fraction of sp³-hybridized carbons (Fsp3) is 0.364. The van der Waals surface area contributed by atoms with Crippen LogP contribution in [0, 0.1) is 0 Å². The maximum Gasteiger partial charge on any atom is 0.115 e. The van der Waals surface area contributed by atoms with Crippen molar-refractivity contribution in [1.29, 1.82) is 0 Å². The summed E-state index contributed by atoms with van der Waals surface area (Å²) in [7, 11) is 1.90. The number of hydrogen-bond donors (Lipinski definition) is 1. The average molecular weight is 218 g/mol. The van der Waals surface area contributed by atoms with Gasteiger partial charge in [-0.25, -0.2) is 9.97 Å². The topological polar surface area (TPSA) is 63.8 Å². The van der Waals surface area contributed by atoms with Gasteiger partial charge in [0.05, 0.1) is 6.10 Å². The van der Waals surface area contributed by atoms with E-state index in [-0.39, 0.29) is 0 Å². The molecule has 1 N–H and O–H groups in total. The molecule has 2 rings (SSSR count). The lowest BCUT2D eigenvalue weighted by Crippen LogP contribution is -2.04. The number of rotatable bonds is 4. The molecule has 0 amide bonds. The summed E-state index contributed by atoms with van der Waals surface area (Å²) >= 11 is 0. The van der Waals surface area contributed by atoms with Crippen molar-refractivity contribution in [3.8, 4) is 0 Å². The summed E-state index contributed by atoms with van der Waals surface area (Å²) in [5.74, 6) is 0. The summed E-state index contributed by atoms with van der Waals surface area (Å²) in [6.45, 7) is 0. The smallest absolute Gasteiger partial charge is 0.115 e. The van der Waals surface area contributed by atoms with Crippen LogP contribution in [0.4, 0.5) is 0 Å². The Bertz CT molecular complexity index is 440. The van der Waals surface area contributed by atoms with Crippen molar-refractivity contribution in [1.82, 2.24) is 19.7 Å². The minimum Gasteiger partial charge on any atom is -0.388 e. The van der Waals surface area contributed by atoms with E-state index in [1.54, 1.807) is 18.6 Å². The Morgan fingerprint density at radius 2 is 2.12 bits per heavy atom. The molecule has 0 bridgehead atoms. The molecule has 0 fully saturated rings. The molecule has 2 heterocycles. The lowest BCUT2D eigenvalue weighted by atomic mass is 10.1. The quantitative estimate of drug-likeness (QED) is 0.827. The number of nitrogens with zero attached hydrogens (tertiary/aromatic N) is 4. The molecule has 0 aliphatic heterocycles. The molecule has 0 aliphatic rings. The van der Waals surface area contributed by atoms with Crippen LogP contribution in [0.3, 0.4) is 0 Å². The normalized spacial score (nSPS) is 12.6. The van der Waals surface area contributed by atoms with Crippen molar-refractivity contribution in [3.05, 3.63) is 42.2 Å². The van der Waals surface area contributed by atoms with Crippen molar-refractivity contribution in [2.45, 2.75) is 18.9 Å².